The first-order valence-electron chi connectivity index (χ1n) is 9.04. The molecular weight excluding hydrogens is 366 g/mol. The van der Waals surface area contributed by atoms with Crippen LogP contribution in [-0.2, 0) is 14.9 Å². The smallest absolute Gasteiger partial charge is 0.271 e. The average molecular weight is 394 g/mol. The van der Waals surface area contributed by atoms with Crippen LogP contribution < -0.4 is 5.43 Å². The highest BCUT2D eigenvalue weighted by Gasteiger charge is 2.60. The Morgan fingerprint density at radius 1 is 1.26 bits per heavy atom. The molecule has 2 fully saturated rings. The SMILES string of the molecule is CON(C)S(=O)(=O)c1ccc(C(=O)N/N=C2/C[C@H]3CC[C@]2(C)C3(C)C)cc1. The van der Waals surface area contributed by atoms with Crippen molar-refractivity contribution in [2.24, 2.45) is 21.8 Å². The Kier molecular flexibility index (Phi) is 4.95. The van der Waals surface area contributed by atoms with Crippen LogP contribution in [0.25, 0.3) is 0 Å². The van der Waals surface area contributed by atoms with E-state index in [2.05, 4.69) is 31.3 Å². The van der Waals surface area contributed by atoms with Crippen LogP contribution in [0.3, 0.4) is 0 Å². The molecule has 0 heterocycles. The van der Waals surface area contributed by atoms with E-state index in [0.29, 0.717) is 11.5 Å². The number of benzene rings is 1. The molecule has 0 saturated heterocycles. The van der Waals surface area contributed by atoms with Gasteiger partial charge < -0.3 is 0 Å². The number of hydrogen-bond acceptors (Lipinski definition) is 5. The second-order valence-electron chi connectivity index (χ2n) is 8.11. The first kappa shape index (κ1) is 20.0. The van der Waals surface area contributed by atoms with Gasteiger partial charge in [0.1, 0.15) is 0 Å². The highest BCUT2D eigenvalue weighted by atomic mass is 32.2. The van der Waals surface area contributed by atoms with E-state index in [4.69, 9.17) is 4.84 Å². The maximum absolute atomic E-state index is 12.4. The van der Waals surface area contributed by atoms with E-state index < -0.39 is 10.0 Å². The molecule has 2 bridgehead atoms. The summed E-state index contributed by atoms with van der Waals surface area (Å²) in [6.45, 7) is 6.80. The van der Waals surface area contributed by atoms with Crippen molar-refractivity contribution in [3.63, 3.8) is 0 Å². The standard InChI is InChI=1S/C19H27N3O4S/c1-18(2)14-10-11-19(18,3)16(12-14)20-21-17(23)13-6-8-15(9-7-13)27(24,25)22(4)26-5/h6-9,14H,10-12H2,1-5H3,(H,21,23)/b20-16-/t14-,19+/m1/s1. The van der Waals surface area contributed by atoms with Crippen LogP contribution in [0, 0.1) is 16.7 Å². The second-order valence-corrected chi connectivity index (χ2v) is 10.1. The van der Waals surface area contributed by atoms with E-state index in [0.717, 1.165) is 23.0 Å². The minimum atomic E-state index is -3.73. The monoisotopic (exact) mass is 393 g/mol. The molecule has 1 amide bonds. The Morgan fingerprint density at radius 2 is 1.89 bits per heavy atom. The van der Waals surface area contributed by atoms with Crippen LogP contribution in [0.2, 0.25) is 0 Å². The maximum atomic E-state index is 12.4. The highest BCUT2D eigenvalue weighted by molar-refractivity contribution is 7.89. The predicted octanol–water partition coefficient (Wildman–Crippen LogP) is 2.80. The van der Waals surface area contributed by atoms with E-state index in [-0.39, 0.29) is 21.6 Å². The number of carbonyl (C=O) groups is 1. The number of amides is 1. The van der Waals surface area contributed by atoms with Crippen molar-refractivity contribution in [1.82, 2.24) is 9.89 Å². The van der Waals surface area contributed by atoms with Crippen molar-refractivity contribution in [3.05, 3.63) is 29.8 Å². The molecule has 2 aliphatic rings. The lowest BCUT2D eigenvalue weighted by Crippen LogP contribution is -2.34. The Labute approximate surface area is 160 Å². The predicted molar refractivity (Wildman–Crippen MR) is 103 cm³/mol. The van der Waals surface area contributed by atoms with Crippen LogP contribution in [0.1, 0.15) is 50.4 Å². The van der Waals surface area contributed by atoms with Gasteiger partial charge in [0.2, 0.25) is 0 Å². The molecule has 2 aliphatic carbocycles. The largest absolute Gasteiger partial charge is 0.288 e. The Bertz CT molecular complexity index is 877. The molecule has 148 valence electrons. The van der Waals surface area contributed by atoms with E-state index in [1.54, 1.807) is 0 Å². The zero-order valence-corrected chi connectivity index (χ0v) is 17.3. The van der Waals surface area contributed by atoms with Gasteiger partial charge in [-0.15, -0.1) is 0 Å². The fraction of sp³-hybridized carbons (Fsp3) is 0.579. The third kappa shape index (κ3) is 3.09. The summed E-state index contributed by atoms with van der Waals surface area (Å²) >= 11 is 0. The van der Waals surface area contributed by atoms with Crippen molar-refractivity contribution >= 4 is 21.6 Å². The van der Waals surface area contributed by atoms with Crippen LogP contribution >= 0.6 is 0 Å². The van der Waals surface area contributed by atoms with Crippen LogP contribution in [0.4, 0.5) is 0 Å². The molecule has 3 rings (SSSR count). The molecule has 0 aromatic heterocycles. The van der Waals surface area contributed by atoms with Crippen molar-refractivity contribution in [2.75, 3.05) is 14.2 Å². The van der Waals surface area contributed by atoms with Crippen LogP contribution in [0.5, 0.6) is 0 Å². The van der Waals surface area contributed by atoms with Gasteiger partial charge in [-0.3, -0.25) is 9.63 Å². The van der Waals surface area contributed by atoms with Crippen molar-refractivity contribution in [1.29, 1.82) is 0 Å². The molecular formula is C19H27N3O4S. The minimum Gasteiger partial charge on any atom is -0.288 e. The number of carbonyl (C=O) groups excluding carboxylic acids is 1. The van der Waals surface area contributed by atoms with E-state index in [9.17, 15) is 13.2 Å². The first-order chi connectivity index (χ1) is 12.5. The first-order valence-corrected chi connectivity index (χ1v) is 10.5. The normalized spacial score (nSPS) is 28.1. The van der Waals surface area contributed by atoms with Gasteiger partial charge in [-0.2, -0.15) is 5.10 Å². The number of hydroxylamine groups is 1. The molecule has 2 saturated carbocycles. The Morgan fingerprint density at radius 3 is 2.37 bits per heavy atom. The van der Waals surface area contributed by atoms with Gasteiger partial charge in [0, 0.05) is 23.7 Å². The van der Waals surface area contributed by atoms with Gasteiger partial charge >= 0.3 is 0 Å². The number of hydrazone groups is 1. The van der Waals surface area contributed by atoms with Crippen molar-refractivity contribution < 1.29 is 18.0 Å². The number of nitrogens with zero attached hydrogens (tertiary/aromatic N) is 2. The molecule has 7 nitrogen and oxygen atoms in total. The Hall–Kier alpha value is -1.77. The molecule has 0 aliphatic heterocycles. The summed E-state index contributed by atoms with van der Waals surface area (Å²) in [5, 5.41) is 4.43. The fourth-order valence-electron chi connectivity index (χ4n) is 4.31. The minimum absolute atomic E-state index is 0.0214. The lowest BCUT2D eigenvalue weighted by molar-refractivity contribution is -0.0258. The van der Waals surface area contributed by atoms with Crippen LogP contribution in [0.15, 0.2) is 34.3 Å². The molecule has 8 heteroatoms. The van der Waals surface area contributed by atoms with E-state index in [1.807, 2.05) is 0 Å². The lowest BCUT2D eigenvalue weighted by atomic mass is 9.70. The summed E-state index contributed by atoms with van der Waals surface area (Å²) in [6.07, 6.45) is 3.23. The number of fused-ring (bicyclic) bond motifs is 2. The quantitative estimate of drug-likeness (QED) is 0.779. The summed E-state index contributed by atoms with van der Waals surface area (Å²) in [7, 11) is -1.15. The topological polar surface area (TPSA) is 88.1 Å². The second kappa shape index (κ2) is 6.68. The summed E-state index contributed by atoms with van der Waals surface area (Å²) in [6, 6.07) is 5.71. The zero-order valence-electron chi connectivity index (χ0n) is 16.4. The summed E-state index contributed by atoms with van der Waals surface area (Å²) in [4.78, 5) is 17.2. The molecule has 1 N–H and O–H groups in total. The fourth-order valence-corrected chi connectivity index (χ4v) is 5.28. The van der Waals surface area contributed by atoms with Gasteiger partial charge in [0.05, 0.1) is 12.0 Å². The maximum Gasteiger partial charge on any atom is 0.271 e. The number of sulfonamides is 1. The zero-order chi connectivity index (χ0) is 20.0. The third-order valence-corrected chi connectivity index (χ3v) is 8.51. The van der Waals surface area contributed by atoms with Gasteiger partial charge in [-0.1, -0.05) is 25.2 Å². The van der Waals surface area contributed by atoms with E-state index >= 15 is 0 Å². The van der Waals surface area contributed by atoms with Crippen LogP contribution in [-0.4, -0.2) is 38.7 Å². The molecule has 27 heavy (non-hydrogen) atoms. The molecule has 1 aromatic rings. The molecule has 0 spiro atoms. The molecule has 2 atom stereocenters. The van der Waals surface area contributed by atoms with Gasteiger partial charge in [-0.25, -0.2) is 13.8 Å². The average Bonchev–Trinajstić information content (AvgIpc) is 2.98. The van der Waals surface area contributed by atoms with Crippen molar-refractivity contribution in [3.8, 4) is 0 Å². The summed E-state index contributed by atoms with van der Waals surface area (Å²) < 4.78 is 25.2. The number of rotatable bonds is 5. The van der Waals surface area contributed by atoms with Crippen molar-refractivity contribution in [2.45, 2.75) is 44.9 Å². The van der Waals surface area contributed by atoms with Gasteiger partial charge in [0.25, 0.3) is 15.9 Å². The van der Waals surface area contributed by atoms with E-state index in [1.165, 1.54) is 44.8 Å². The summed E-state index contributed by atoms with van der Waals surface area (Å²) in [5.41, 5.74) is 4.27. The molecule has 0 radical (unpaired) electrons. The third-order valence-electron chi connectivity index (χ3n) is 6.81. The molecule has 0 unspecified atom stereocenters. The summed E-state index contributed by atoms with van der Waals surface area (Å²) in [5.74, 6) is 0.260. The highest BCUT2D eigenvalue weighted by Crippen LogP contribution is 2.63. The number of nitrogens with one attached hydrogen (secondary N) is 1. The lowest BCUT2D eigenvalue weighted by Gasteiger charge is -2.34. The number of hydrogen-bond donors (Lipinski definition) is 1. The van der Waals surface area contributed by atoms with Gasteiger partial charge in [0.15, 0.2) is 0 Å². The molecule has 1 aromatic carbocycles. The van der Waals surface area contributed by atoms with Gasteiger partial charge in [-0.05, 0) is 54.9 Å². The Balaban J connectivity index is 1.73.